The van der Waals surface area contributed by atoms with Gasteiger partial charge in [0, 0.05) is 13.0 Å². The highest BCUT2D eigenvalue weighted by atomic mass is 19.4. The van der Waals surface area contributed by atoms with E-state index in [-0.39, 0.29) is 0 Å². The highest BCUT2D eigenvalue weighted by Crippen LogP contribution is 2.67. The average Bonchev–Trinajstić information content (AvgIpc) is 2.76. The van der Waals surface area contributed by atoms with Gasteiger partial charge < -0.3 is 10.4 Å². The molecule has 0 bridgehead atoms. The molecule has 0 rings (SSSR count). The number of alkyl halides is 25. The van der Waals surface area contributed by atoms with E-state index in [9.17, 15) is 110 Å². The second-order valence-corrected chi connectivity index (χ2v) is 8.36. The monoisotopic (exact) mass is 707 g/mol. The fraction of sp³-hybridized carbons (Fsp3) is 1.00. The Hall–Kier alpha value is -1.83. The molecule has 0 spiro atoms. The minimum Gasteiger partial charge on any atom is -0.392 e. The van der Waals surface area contributed by atoms with E-state index in [1.165, 1.54) is 0 Å². The number of hydrogen-bond donors (Lipinski definition) is 2. The molecule has 1 atom stereocenters. The molecule has 0 amide bonds. The van der Waals surface area contributed by atoms with Crippen LogP contribution in [0.5, 0.6) is 0 Å². The van der Waals surface area contributed by atoms with Crippen LogP contribution >= 0.6 is 0 Å². The van der Waals surface area contributed by atoms with Gasteiger partial charge in [-0.3, -0.25) is 0 Å². The smallest absolute Gasteiger partial charge is 0.392 e. The molecule has 2 nitrogen and oxygen atoms in total. The molecule has 0 heterocycles. The third-order valence-corrected chi connectivity index (χ3v) is 5.30. The third-order valence-electron chi connectivity index (χ3n) is 5.30. The summed E-state index contributed by atoms with van der Waals surface area (Å²) in [6.45, 7) is -1.32. The van der Waals surface area contributed by atoms with Crippen LogP contribution in [0.4, 0.5) is 110 Å². The van der Waals surface area contributed by atoms with Crippen molar-refractivity contribution in [3.05, 3.63) is 0 Å². The first-order valence-electron chi connectivity index (χ1n) is 9.76. The molecular weight excluding hydrogens is 697 g/mol. The maximum absolute atomic E-state index is 13.7. The summed E-state index contributed by atoms with van der Waals surface area (Å²) in [5, 5.41) is 10.6. The first kappa shape index (κ1) is 41.2. The van der Waals surface area contributed by atoms with Crippen LogP contribution in [0.25, 0.3) is 0 Å². The zero-order valence-corrected chi connectivity index (χ0v) is 19.4. The van der Waals surface area contributed by atoms with Gasteiger partial charge in [-0.15, -0.1) is 0 Å². The normalized spacial score (nSPS) is 17.4. The summed E-state index contributed by atoms with van der Waals surface area (Å²) < 4.78 is 333. The van der Waals surface area contributed by atoms with E-state index < -0.39 is 90.4 Å². The molecule has 0 aliphatic rings. The summed E-state index contributed by atoms with van der Waals surface area (Å²) in [7, 11) is 0.713. The van der Waals surface area contributed by atoms with Crippen LogP contribution in [0.2, 0.25) is 0 Å². The first-order chi connectivity index (χ1) is 18.2. The van der Waals surface area contributed by atoms with Crippen LogP contribution in [0, 0.1) is 0 Å². The van der Waals surface area contributed by atoms with Gasteiger partial charge in [0.1, 0.15) is 0 Å². The van der Waals surface area contributed by atoms with Gasteiger partial charge in [-0.05, 0) is 7.05 Å². The minimum absolute atomic E-state index is 0.713. The van der Waals surface area contributed by atoms with Gasteiger partial charge in [-0.1, -0.05) is 0 Å². The Kier molecular flexibility index (Phi) is 10.2. The van der Waals surface area contributed by atoms with Gasteiger partial charge in [0.15, 0.2) is 0 Å². The molecule has 43 heavy (non-hydrogen) atoms. The van der Waals surface area contributed by atoms with Crippen molar-refractivity contribution in [1.82, 2.24) is 5.32 Å². The zero-order valence-electron chi connectivity index (χ0n) is 19.4. The van der Waals surface area contributed by atoms with E-state index in [0.29, 0.717) is 7.05 Å². The van der Waals surface area contributed by atoms with Crippen molar-refractivity contribution >= 4 is 0 Å². The molecule has 0 aliphatic heterocycles. The van der Waals surface area contributed by atoms with Gasteiger partial charge in [0.25, 0.3) is 0 Å². The summed E-state index contributed by atoms with van der Waals surface area (Å²) in [6.07, 6.45) is -14.4. The second kappa shape index (κ2) is 10.6. The van der Waals surface area contributed by atoms with Gasteiger partial charge in [-0.25, -0.2) is 0 Å². The molecule has 1 unspecified atom stereocenters. The molecule has 2 N–H and O–H groups in total. The Morgan fingerprint density at radius 3 is 0.814 bits per heavy atom. The molecular formula is C16H10F25NO. The molecule has 0 radical (unpaired) electrons. The maximum Gasteiger partial charge on any atom is 0.460 e. The highest BCUT2D eigenvalue weighted by molar-refractivity contribution is 5.19. The Labute approximate surface area is 219 Å². The Morgan fingerprint density at radius 1 is 0.395 bits per heavy atom. The lowest BCUT2D eigenvalue weighted by atomic mass is 9.84. The van der Waals surface area contributed by atoms with Crippen LogP contribution in [-0.2, 0) is 0 Å². The van der Waals surface area contributed by atoms with E-state index in [1.54, 1.807) is 5.32 Å². The topological polar surface area (TPSA) is 32.3 Å². The molecule has 0 saturated carbocycles. The van der Waals surface area contributed by atoms with Gasteiger partial charge in [0.05, 0.1) is 6.10 Å². The second-order valence-electron chi connectivity index (χ2n) is 8.36. The molecule has 0 fully saturated rings. The lowest BCUT2D eigenvalue weighted by Gasteiger charge is -2.45. The van der Waals surface area contributed by atoms with Crippen molar-refractivity contribution < 1.29 is 115 Å². The van der Waals surface area contributed by atoms with E-state index in [4.69, 9.17) is 5.11 Å². The predicted molar refractivity (Wildman–Crippen MR) is 85.0 cm³/mol. The van der Waals surface area contributed by atoms with Crippen molar-refractivity contribution in [2.24, 2.45) is 0 Å². The largest absolute Gasteiger partial charge is 0.460 e. The number of hydrogen-bond acceptors (Lipinski definition) is 2. The zero-order chi connectivity index (χ0) is 35.7. The van der Waals surface area contributed by atoms with E-state index >= 15 is 0 Å². The van der Waals surface area contributed by atoms with E-state index in [2.05, 4.69) is 0 Å². The molecule has 0 aliphatic carbocycles. The standard InChI is InChI=1S/C16H10F25NO/c1-42-3-4(43)2-5(17,18)6(19,20)7(21,22)8(23,24)9(25,26)10(27,28)11(29,30)12(31,32)13(33,34)14(35,36)15(37,38)16(39,40)41/h4,42-43H,2-3H2,1H3. The van der Waals surface area contributed by atoms with Crippen LogP contribution in [0.15, 0.2) is 0 Å². The van der Waals surface area contributed by atoms with Crippen LogP contribution in [-0.4, -0.2) is 96.1 Å². The fourth-order valence-corrected chi connectivity index (χ4v) is 2.72. The molecule has 260 valence electrons. The Morgan fingerprint density at radius 2 is 0.605 bits per heavy atom. The maximum atomic E-state index is 13.7. The number of aliphatic hydroxyl groups excluding tert-OH is 1. The number of rotatable bonds is 14. The molecule has 0 aromatic carbocycles. The van der Waals surface area contributed by atoms with Crippen LogP contribution in [0.3, 0.4) is 0 Å². The van der Waals surface area contributed by atoms with Crippen molar-refractivity contribution in [3.63, 3.8) is 0 Å². The third kappa shape index (κ3) is 5.29. The summed E-state index contributed by atoms with van der Waals surface area (Å²) in [5.74, 6) is -98.7. The summed E-state index contributed by atoms with van der Waals surface area (Å²) in [4.78, 5) is 0. The van der Waals surface area contributed by atoms with Crippen molar-refractivity contribution in [2.75, 3.05) is 13.6 Å². The van der Waals surface area contributed by atoms with Gasteiger partial charge in [0.2, 0.25) is 0 Å². The molecule has 0 aromatic rings. The molecule has 0 aromatic heterocycles. The van der Waals surface area contributed by atoms with Crippen molar-refractivity contribution in [3.8, 4) is 0 Å². The van der Waals surface area contributed by atoms with E-state index in [1.807, 2.05) is 0 Å². The lowest BCUT2D eigenvalue weighted by molar-refractivity contribution is -0.482. The van der Waals surface area contributed by atoms with Gasteiger partial charge >= 0.3 is 71.3 Å². The van der Waals surface area contributed by atoms with Crippen molar-refractivity contribution in [1.29, 1.82) is 0 Å². The molecule has 0 saturated heterocycles. The number of aliphatic hydroxyl groups is 1. The van der Waals surface area contributed by atoms with Crippen LogP contribution < -0.4 is 5.32 Å². The van der Waals surface area contributed by atoms with E-state index in [0.717, 1.165) is 0 Å². The number of likely N-dealkylation sites (N-methyl/N-ethyl adjacent to an activating group) is 1. The fourth-order valence-electron chi connectivity index (χ4n) is 2.72. The summed E-state index contributed by atoms with van der Waals surface area (Å²) in [6, 6.07) is 0. The van der Waals surface area contributed by atoms with Gasteiger partial charge in [-0.2, -0.15) is 110 Å². The number of nitrogens with one attached hydrogen (secondary N) is 1. The first-order valence-corrected chi connectivity index (χ1v) is 9.76. The Balaban J connectivity index is 7.25. The van der Waals surface area contributed by atoms with Crippen molar-refractivity contribution in [2.45, 2.75) is 83.8 Å². The van der Waals surface area contributed by atoms with Crippen LogP contribution in [0.1, 0.15) is 6.42 Å². The predicted octanol–water partition coefficient (Wildman–Crippen LogP) is 7.51. The summed E-state index contributed by atoms with van der Waals surface area (Å²) >= 11 is 0. The SMILES string of the molecule is CNCC(O)CC(F)(F)C(F)(F)C(F)(F)C(F)(F)C(F)(F)C(F)(F)C(F)(F)C(F)(F)C(F)(F)C(F)(F)C(F)(F)C(F)(F)F. The quantitative estimate of drug-likeness (QED) is 0.184. The Bertz CT molecular complexity index is 980. The summed E-state index contributed by atoms with van der Waals surface area (Å²) in [5.41, 5.74) is 0. The highest BCUT2D eigenvalue weighted by Gasteiger charge is 2.99. The lowest BCUT2D eigenvalue weighted by Crippen LogP contribution is -2.78. The average molecular weight is 707 g/mol. The minimum atomic E-state index is -9.61. The molecule has 27 heteroatoms. The number of halogens is 25.